The molecule has 5 nitrogen and oxygen atoms in total. The molecular formula is C14H20N4O. The van der Waals surface area contributed by atoms with Gasteiger partial charge in [-0.1, -0.05) is 13.8 Å². The normalized spacial score (nSPS) is 24.3. The highest BCUT2D eigenvalue weighted by molar-refractivity contribution is 5.55. The lowest BCUT2D eigenvalue weighted by molar-refractivity contribution is -0.0976. The van der Waals surface area contributed by atoms with Crippen LogP contribution in [0.5, 0.6) is 0 Å². The van der Waals surface area contributed by atoms with Gasteiger partial charge in [-0.15, -0.1) is 0 Å². The minimum absolute atomic E-state index is 0.0614. The summed E-state index contributed by atoms with van der Waals surface area (Å²) in [5.41, 5.74) is 6.40. The Morgan fingerprint density at radius 1 is 1.58 bits per heavy atom. The molecule has 3 N–H and O–H groups in total. The van der Waals surface area contributed by atoms with Crippen LogP contribution in [0.4, 0.5) is 11.5 Å². The number of ether oxygens (including phenoxy) is 1. The van der Waals surface area contributed by atoms with Crippen molar-refractivity contribution in [2.45, 2.75) is 39.3 Å². The number of anilines is 2. The summed E-state index contributed by atoms with van der Waals surface area (Å²) >= 11 is 0. The Morgan fingerprint density at radius 2 is 2.32 bits per heavy atom. The number of nitrogens with two attached hydrogens (primary N) is 1. The van der Waals surface area contributed by atoms with Crippen molar-refractivity contribution in [1.82, 2.24) is 4.98 Å². The fourth-order valence-electron chi connectivity index (χ4n) is 2.43. The van der Waals surface area contributed by atoms with E-state index < -0.39 is 0 Å². The molecule has 1 aliphatic carbocycles. The average molecular weight is 260 g/mol. The van der Waals surface area contributed by atoms with Gasteiger partial charge in [0.25, 0.3) is 0 Å². The van der Waals surface area contributed by atoms with Crippen LogP contribution in [0.3, 0.4) is 0 Å². The van der Waals surface area contributed by atoms with Crippen molar-refractivity contribution in [3.05, 3.63) is 17.8 Å². The van der Waals surface area contributed by atoms with Crippen LogP contribution in [-0.2, 0) is 4.74 Å². The van der Waals surface area contributed by atoms with Crippen LogP contribution in [0.1, 0.15) is 32.9 Å². The van der Waals surface area contributed by atoms with Gasteiger partial charge < -0.3 is 15.8 Å². The molecule has 1 aromatic heterocycles. The van der Waals surface area contributed by atoms with Crippen LogP contribution in [0.15, 0.2) is 12.1 Å². The molecule has 102 valence electrons. The van der Waals surface area contributed by atoms with E-state index in [9.17, 15) is 0 Å². The minimum Gasteiger partial charge on any atom is -0.396 e. The summed E-state index contributed by atoms with van der Waals surface area (Å²) in [4.78, 5) is 4.21. The van der Waals surface area contributed by atoms with Crippen LogP contribution < -0.4 is 11.1 Å². The molecule has 1 heterocycles. The first-order valence-corrected chi connectivity index (χ1v) is 6.53. The number of hydrogen-bond donors (Lipinski definition) is 2. The van der Waals surface area contributed by atoms with Crippen LogP contribution in [0, 0.1) is 16.7 Å². The molecule has 0 radical (unpaired) electrons. The molecule has 1 aliphatic rings. The lowest BCUT2D eigenvalue weighted by Gasteiger charge is -2.51. The maximum atomic E-state index is 8.92. The zero-order valence-electron chi connectivity index (χ0n) is 11.6. The van der Waals surface area contributed by atoms with Crippen molar-refractivity contribution < 1.29 is 4.74 Å². The molecule has 19 heavy (non-hydrogen) atoms. The molecule has 5 heteroatoms. The van der Waals surface area contributed by atoms with E-state index >= 15 is 0 Å². The zero-order chi connectivity index (χ0) is 14.0. The number of nitrogens with one attached hydrogen (secondary N) is 1. The van der Waals surface area contributed by atoms with E-state index in [1.807, 2.05) is 13.0 Å². The van der Waals surface area contributed by atoms with E-state index in [2.05, 4.69) is 24.1 Å². The minimum atomic E-state index is 0.0614. The maximum absolute atomic E-state index is 8.92. The number of pyridine rings is 1. The Kier molecular flexibility index (Phi) is 3.63. The Hall–Kier alpha value is -1.80. The molecular weight excluding hydrogens is 240 g/mol. The van der Waals surface area contributed by atoms with E-state index in [0.29, 0.717) is 17.5 Å². The molecule has 2 atom stereocenters. The summed E-state index contributed by atoms with van der Waals surface area (Å²) in [7, 11) is 0. The Balaban J connectivity index is 2.06. The topological polar surface area (TPSA) is 84.0 Å². The lowest BCUT2D eigenvalue weighted by Crippen LogP contribution is -2.58. The van der Waals surface area contributed by atoms with Gasteiger partial charge in [-0.05, 0) is 25.5 Å². The third-order valence-corrected chi connectivity index (χ3v) is 3.90. The number of nitrogens with zero attached hydrogens (tertiary/aromatic N) is 2. The molecule has 1 aromatic rings. The number of rotatable bonds is 4. The Labute approximate surface area is 113 Å². The fourth-order valence-corrected chi connectivity index (χ4v) is 2.43. The molecule has 0 aliphatic heterocycles. The third-order valence-electron chi connectivity index (χ3n) is 3.90. The van der Waals surface area contributed by atoms with Gasteiger partial charge in [0, 0.05) is 18.1 Å². The highest BCUT2D eigenvalue weighted by Gasteiger charge is 2.49. The number of hydrogen-bond acceptors (Lipinski definition) is 5. The molecule has 0 spiro atoms. The van der Waals surface area contributed by atoms with Gasteiger partial charge in [0.1, 0.15) is 11.9 Å². The summed E-state index contributed by atoms with van der Waals surface area (Å²) in [5, 5.41) is 12.3. The molecule has 1 saturated carbocycles. The first-order valence-electron chi connectivity index (χ1n) is 6.53. The van der Waals surface area contributed by atoms with Crippen molar-refractivity contribution in [3.8, 4) is 6.07 Å². The van der Waals surface area contributed by atoms with Gasteiger partial charge in [-0.2, -0.15) is 5.26 Å². The van der Waals surface area contributed by atoms with Crippen molar-refractivity contribution in [2.75, 3.05) is 17.7 Å². The molecule has 2 unspecified atom stereocenters. The first-order chi connectivity index (χ1) is 8.98. The van der Waals surface area contributed by atoms with E-state index in [-0.39, 0.29) is 17.2 Å². The lowest BCUT2D eigenvalue weighted by atomic mass is 9.64. The van der Waals surface area contributed by atoms with Gasteiger partial charge >= 0.3 is 0 Å². The fraction of sp³-hybridized carbons (Fsp3) is 0.571. The predicted molar refractivity (Wildman–Crippen MR) is 74.6 cm³/mol. The summed E-state index contributed by atoms with van der Waals surface area (Å²) in [6.07, 6.45) is 1.23. The predicted octanol–water partition coefficient (Wildman–Crippen LogP) is 2.15. The van der Waals surface area contributed by atoms with Crippen LogP contribution >= 0.6 is 0 Å². The van der Waals surface area contributed by atoms with E-state index in [0.717, 1.165) is 13.0 Å². The summed E-state index contributed by atoms with van der Waals surface area (Å²) in [6, 6.07) is 5.81. The summed E-state index contributed by atoms with van der Waals surface area (Å²) in [5.74, 6) is 0.693. The number of nitrogen functional groups attached to an aromatic ring is 1. The van der Waals surface area contributed by atoms with Crippen molar-refractivity contribution >= 4 is 11.5 Å². The Bertz CT molecular complexity index is 507. The van der Waals surface area contributed by atoms with E-state index in [1.165, 1.54) is 0 Å². The van der Waals surface area contributed by atoms with Crippen molar-refractivity contribution in [2.24, 2.45) is 5.41 Å². The second-order valence-electron chi connectivity index (χ2n) is 5.44. The van der Waals surface area contributed by atoms with Crippen molar-refractivity contribution in [3.63, 3.8) is 0 Å². The highest BCUT2D eigenvalue weighted by Crippen LogP contribution is 2.44. The number of aromatic nitrogens is 1. The summed E-state index contributed by atoms with van der Waals surface area (Å²) in [6.45, 7) is 7.10. The molecule has 0 bridgehead atoms. The van der Waals surface area contributed by atoms with Gasteiger partial charge in [0.05, 0.1) is 11.8 Å². The smallest absolute Gasteiger partial charge is 0.165 e. The zero-order valence-corrected chi connectivity index (χ0v) is 11.6. The summed E-state index contributed by atoms with van der Waals surface area (Å²) < 4.78 is 5.69. The Morgan fingerprint density at radius 3 is 2.89 bits per heavy atom. The van der Waals surface area contributed by atoms with Crippen molar-refractivity contribution in [1.29, 1.82) is 5.26 Å². The average Bonchev–Trinajstić information content (AvgIpc) is 2.39. The van der Waals surface area contributed by atoms with E-state index in [1.54, 1.807) is 12.1 Å². The second-order valence-corrected chi connectivity index (χ2v) is 5.44. The van der Waals surface area contributed by atoms with Gasteiger partial charge in [0.2, 0.25) is 0 Å². The highest BCUT2D eigenvalue weighted by atomic mass is 16.5. The van der Waals surface area contributed by atoms with Gasteiger partial charge in [-0.25, -0.2) is 4.98 Å². The molecule has 0 saturated heterocycles. The monoisotopic (exact) mass is 260 g/mol. The van der Waals surface area contributed by atoms with Crippen LogP contribution in [0.2, 0.25) is 0 Å². The largest absolute Gasteiger partial charge is 0.396 e. The third kappa shape index (κ3) is 2.49. The van der Waals surface area contributed by atoms with Crippen LogP contribution in [0.25, 0.3) is 0 Å². The first kappa shape index (κ1) is 13.6. The molecule has 1 fully saturated rings. The molecule has 0 amide bonds. The maximum Gasteiger partial charge on any atom is 0.165 e. The molecule has 2 rings (SSSR count). The van der Waals surface area contributed by atoms with E-state index in [4.69, 9.17) is 15.7 Å². The van der Waals surface area contributed by atoms with Crippen LogP contribution in [-0.4, -0.2) is 23.7 Å². The number of nitriles is 1. The molecule has 0 aromatic carbocycles. The second kappa shape index (κ2) is 5.06. The standard InChI is InChI=1S/C14H20N4O/c1-4-19-12-7-11(14(12,2)3)18-13-6-5-9(16)10(8-15)17-13/h5-6,11-12H,4,7,16H2,1-3H3,(H,17,18). The van der Waals surface area contributed by atoms with Gasteiger partial charge in [-0.3, -0.25) is 0 Å². The van der Waals surface area contributed by atoms with Gasteiger partial charge in [0.15, 0.2) is 5.69 Å². The SMILES string of the molecule is CCOC1CC(Nc2ccc(N)c(C#N)n2)C1(C)C. The quantitative estimate of drug-likeness (QED) is 0.866.